The molecule has 10 nitrogen and oxygen atoms in total. The van der Waals surface area contributed by atoms with E-state index in [1.54, 1.807) is 44.6 Å². The molecule has 3 N–H and O–H groups in total. The van der Waals surface area contributed by atoms with Crippen molar-refractivity contribution in [3.63, 3.8) is 0 Å². The maximum absolute atomic E-state index is 12.4. The van der Waals surface area contributed by atoms with Crippen molar-refractivity contribution < 1.29 is 28.6 Å². The first-order chi connectivity index (χ1) is 18.8. The zero-order chi connectivity index (χ0) is 28.2. The number of benzene rings is 3. The number of aryl methyl sites for hydroxylation is 2. The lowest BCUT2D eigenvalue weighted by Crippen LogP contribution is -2.38. The van der Waals surface area contributed by atoms with E-state index < -0.39 is 11.8 Å². The minimum atomic E-state index is -0.912. The summed E-state index contributed by atoms with van der Waals surface area (Å²) < 4.78 is 16.1. The van der Waals surface area contributed by atoms with Gasteiger partial charge in [0.15, 0.2) is 18.1 Å². The van der Waals surface area contributed by atoms with Crippen molar-refractivity contribution in [1.29, 1.82) is 0 Å². The topological polar surface area (TPSA) is 127 Å². The first-order valence-electron chi connectivity index (χ1n) is 12.2. The molecule has 0 bridgehead atoms. The number of nitrogens with one attached hydrogen (secondary N) is 3. The van der Waals surface area contributed by atoms with Crippen LogP contribution in [0.15, 0.2) is 65.8 Å². The van der Waals surface area contributed by atoms with E-state index in [-0.39, 0.29) is 19.1 Å². The molecule has 0 atom stereocenters. The van der Waals surface area contributed by atoms with Crippen molar-refractivity contribution in [2.24, 2.45) is 5.10 Å². The average molecular weight is 533 g/mol. The van der Waals surface area contributed by atoms with Crippen LogP contribution in [0.3, 0.4) is 0 Å². The van der Waals surface area contributed by atoms with Crippen LogP contribution in [-0.2, 0) is 20.8 Å². The van der Waals surface area contributed by atoms with E-state index in [0.717, 1.165) is 22.4 Å². The number of ether oxygens (including phenoxy) is 3. The van der Waals surface area contributed by atoms with Crippen LogP contribution in [0, 0.1) is 13.8 Å². The van der Waals surface area contributed by atoms with Gasteiger partial charge in [-0.3, -0.25) is 14.4 Å². The number of hydrogen-bond acceptors (Lipinski definition) is 7. The Balaban J connectivity index is 1.47. The van der Waals surface area contributed by atoms with Crippen LogP contribution in [-0.4, -0.2) is 51.3 Å². The summed E-state index contributed by atoms with van der Waals surface area (Å²) in [6, 6.07) is 18.1. The van der Waals surface area contributed by atoms with E-state index in [9.17, 15) is 14.4 Å². The fraction of sp³-hybridized carbons (Fsp3) is 0.241. The second kappa shape index (κ2) is 14.2. The monoisotopic (exact) mass is 532 g/mol. The third-order valence-corrected chi connectivity index (χ3v) is 5.67. The molecule has 0 aliphatic rings. The molecule has 0 spiro atoms. The fourth-order valence-corrected chi connectivity index (χ4v) is 3.57. The van der Waals surface area contributed by atoms with E-state index in [0.29, 0.717) is 29.2 Å². The minimum absolute atomic E-state index is 0.215. The van der Waals surface area contributed by atoms with Crippen LogP contribution in [0.2, 0.25) is 0 Å². The lowest BCUT2D eigenvalue weighted by Gasteiger charge is -2.11. The van der Waals surface area contributed by atoms with E-state index in [2.05, 4.69) is 21.2 Å². The van der Waals surface area contributed by atoms with Gasteiger partial charge in [-0.2, -0.15) is 5.10 Å². The Hall–Kier alpha value is -4.86. The second-order valence-corrected chi connectivity index (χ2v) is 8.59. The smallest absolute Gasteiger partial charge is 0.329 e. The summed E-state index contributed by atoms with van der Waals surface area (Å²) in [6.45, 7) is 3.89. The van der Waals surface area contributed by atoms with Gasteiger partial charge in [-0.1, -0.05) is 30.3 Å². The Morgan fingerprint density at radius 3 is 2.41 bits per heavy atom. The highest BCUT2D eigenvalue weighted by Crippen LogP contribution is 2.27. The molecule has 3 rings (SSSR count). The molecule has 0 saturated heterocycles. The number of hydrogen-bond donors (Lipinski definition) is 3. The van der Waals surface area contributed by atoms with Gasteiger partial charge in [-0.25, -0.2) is 5.43 Å². The van der Waals surface area contributed by atoms with Gasteiger partial charge in [0.25, 0.3) is 5.91 Å². The van der Waals surface area contributed by atoms with E-state index in [4.69, 9.17) is 14.2 Å². The number of anilines is 1. The lowest BCUT2D eigenvalue weighted by atomic mass is 10.1. The van der Waals surface area contributed by atoms with Crippen molar-refractivity contribution >= 4 is 29.6 Å². The molecule has 0 aliphatic carbocycles. The number of carbonyl (C=O) groups is 3. The third kappa shape index (κ3) is 8.60. The molecular weight excluding hydrogens is 500 g/mol. The summed E-state index contributed by atoms with van der Waals surface area (Å²) in [6.07, 6.45) is 1.83. The number of hydrazone groups is 1. The Morgan fingerprint density at radius 2 is 1.64 bits per heavy atom. The van der Waals surface area contributed by atoms with Gasteiger partial charge in [0.05, 0.1) is 20.4 Å². The van der Waals surface area contributed by atoms with Crippen molar-refractivity contribution in [1.82, 2.24) is 10.7 Å². The maximum atomic E-state index is 12.4. The van der Waals surface area contributed by atoms with Gasteiger partial charge in [0.2, 0.25) is 0 Å². The highest BCUT2D eigenvalue weighted by Gasteiger charge is 2.13. The van der Waals surface area contributed by atoms with Crippen LogP contribution in [0.4, 0.5) is 5.69 Å². The Labute approximate surface area is 227 Å². The average Bonchev–Trinajstić information content (AvgIpc) is 2.94. The van der Waals surface area contributed by atoms with Crippen LogP contribution < -0.4 is 30.3 Å². The number of amides is 3. The minimum Gasteiger partial charge on any atom is -0.493 e. The highest BCUT2D eigenvalue weighted by molar-refractivity contribution is 6.35. The summed E-state index contributed by atoms with van der Waals surface area (Å²) in [4.78, 5) is 36.6. The van der Waals surface area contributed by atoms with Crippen LogP contribution in [0.1, 0.15) is 22.3 Å². The predicted octanol–water partition coefficient (Wildman–Crippen LogP) is 3.15. The summed E-state index contributed by atoms with van der Waals surface area (Å²) in [7, 11) is 3.10. The van der Waals surface area contributed by atoms with E-state index in [1.807, 2.05) is 44.2 Å². The number of rotatable bonds is 11. The Morgan fingerprint density at radius 1 is 0.872 bits per heavy atom. The zero-order valence-corrected chi connectivity index (χ0v) is 22.4. The molecule has 3 amide bonds. The molecule has 0 fully saturated rings. The molecule has 0 unspecified atom stereocenters. The normalized spacial score (nSPS) is 10.6. The molecule has 0 radical (unpaired) electrons. The van der Waals surface area contributed by atoms with Crippen molar-refractivity contribution in [2.45, 2.75) is 20.3 Å². The number of para-hydroxylation sites is 1. The highest BCUT2D eigenvalue weighted by atomic mass is 16.5. The first kappa shape index (κ1) is 28.7. The molecule has 0 aromatic heterocycles. The number of carbonyl (C=O) groups excluding carboxylic acids is 3. The third-order valence-electron chi connectivity index (χ3n) is 5.67. The summed E-state index contributed by atoms with van der Waals surface area (Å²) in [5.74, 6) is -0.459. The maximum Gasteiger partial charge on any atom is 0.329 e. The van der Waals surface area contributed by atoms with Gasteiger partial charge in [-0.15, -0.1) is 0 Å². The largest absolute Gasteiger partial charge is 0.493 e. The van der Waals surface area contributed by atoms with Crippen LogP contribution in [0.5, 0.6) is 17.2 Å². The zero-order valence-electron chi connectivity index (χ0n) is 22.4. The van der Waals surface area contributed by atoms with Crippen molar-refractivity contribution in [2.75, 3.05) is 32.7 Å². The predicted molar refractivity (Wildman–Crippen MR) is 148 cm³/mol. The van der Waals surface area contributed by atoms with Gasteiger partial charge in [0, 0.05) is 17.8 Å². The quantitative estimate of drug-likeness (QED) is 0.198. The SMILES string of the molecule is COc1ccc(CCNC(=O)C(=O)N/N=C\c2ccccc2OCC(=O)Nc2cc(C)ccc2C)cc1OC. The van der Waals surface area contributed by atoms with Crippen LogP contribution >= 0.6 is 0 Å². The Bertz CT molecular complexity index is 1360. The standard InChI is InChI=1S/C29H32N4O6/c1-19-9-10-20(2)23(15-19)32-27(34)18-39-24-8-6-5-7-22(24)17-31-33-29(36)28(35)30-14-13-21-11-12-25(37-3)26(16-21)38-4/h5-12,15-17H,13-14,18H2,1-4H3,(H,30,35)(H,32,34)(H,33,36)/b31-17-. The molecule has 3 aromatic carbocycles. The molecule has 0 heterocycles. The number of nitrogens with zero attached hydrogens (tertiary/aromatic N) is 1. The molecular formula is C29H32N4O6. The molecule has 3 aromatic rings. The van der Waals surface area contributed by atoms with Gasteiger partial charge in [-0.05, 0) is 67.3 Å². The fourth-order valence-electron chi connectivity index (χ4n) is 3.57. The molecule has 39 heavy (non-hydrogen) atoms. The molecule has 0 aliphatic heterocycles. The first-order valence-corrected chi connectivity index (χ1v) is 12.2. The van der Waals surface area contributed by atoms with Crippen LogP contribution in [0.25, 0.3) is 0 Å². The van der Waals surface area contributed by atoms with Gasteiger partial charge < -0.3 is 24.8 Å². The second-order valence-electron chi connectivity index (χ2n) is 8.59. The molecule has 204 valence electrons. The summed E-state index contributed by atoms with van der Waals surface area (Å²) >= 11 is 0. The Kier molecular flexibility index (Phi) is 10.4. The summed E-state index contributed by atoms with van der Waals surface area (Å²) in [5.41, 5.74) is 6.33. The number of methoxy groups -OCH3 is 2. The summed E-state index contributed by atoms with van der Waals surface area (Å²) in [5, 5.41) is 9.24. The van der Waals surface area contributed by atoms with E-state index >= 15 is 0 Å². The van der Waals surface area contributed by atoms with Crippen molar-refractivity contribution in [3.05, 3.63) is 82.9 Å². The van der Waals surface area contributed by atoms with E-state index in [1.165, 1.54) is 6.21 Å². The lowest BCUT2D eigenvalue weighted by molar-refractivity contribution is -0.139. The molecule has 10 heteroatoms. The van der Waals surface area contributed by atoms with Gasteiger partial charge >= 0.3 is 11.8 Å². The molecule has 0 saturated carbocycles. The van der Waals surface area contributed by atoms with Crippen molar-refractivity contribution in [3.8, 4) is 17.2 Å². The van der Waals surface area contributed by atoms with Gasteiger partial charge in [0.1, 0.15) is 5.75 Å².